The number of nitrogens with one attached hydrogen (secondary N) is 1. The maximum absolute atomic E-state index is 4.76. The molecule has 0 saturated carbocycles. The van der Waals surface area contributed by atoms with Gasteiger partial charge in [0.1, 0.15) is 0 Å². The van der Waals surface area contributed by atoms with Crippen LogP contribution in [0, 0.1) is 16.2 Å². The molecule has 0 aliphatic rings. The maximum Gasteiger partial charge on any atom is 0.0409 e. The Morgan fingerprint density at radius 1 is 0.750 bits per heavy atom. The topological polar surface area (TPSA) is 24.9 Å². The first-order chi connectivity index (χ1) is 12.6. The van der Waals surface area contributed by atoms with Crippen LogP contribution in [0.3, 0.4) is 0 Å². The quantitative estimate of drug-likeness (QED) is 0.428. The summed E-state index contributed by atoms with van der Waals surface area (Å²) in [7, 11) is 0. The summed E-state index contributed by atoms with van der Waals surface area (Å²) < 4.78 is 0. The highest BCUT2D eigenvalue weighted by Crippen LogP contribution is 2.30. The van der Waals surface area contributed by atoms with Crippen LogP contribution >= 0.6 is 0 Å². The molecule has 28 heavy (non-hydrogen) atoms. The summed E-state index contributed by atoms with van der Waals surface area (Å²) in [6.45, 7) is 24.4. The molecule has 2 nitrogen and oxygen atoms in total. The van der Waals surface area contributed by atoms with Crippen molar-refractivity contribution < 1.29 is 0 Å². The highest BCUT2D eigenvalue weighted by atomic mass is 14.9. The fourth-order valence-electron chi connectivity index (χ4n) is 3.64. The van der Waals surface area contributed by atoms with Gasteiger partial charge in [-0.3, -0.25) is 4.98 Å². The molecule has 0 atom stereocenters. The van der Waals surface area contributed by atoms with Gasteiger partial charge >= 0.3 is 0 Å². The van der Waals surface area contributed by atoms with E-state index in [-0.39, 0.29) is 11.0 Å². The van der Waals surface area contributed by atoms with Gasteiger partial charge in [0.2, 0.25) is 0 Å². The molecule has 1 N–H and O–H groups in total. The van der Waals surface area contributed by atoms with Crippen LogP contribution in [-0.2, 0) is 12.8 Å². The average molecular weight is 389 g/mol. The average Bonchev–Trinajstić information content (AvgIpc) is 2.50. The van der Waals surface area contributed by atoms with Crippen LogP contribution in [0.15, 0.2) is 18.3 Å². The predicted molar refractivity (Wildman–Crippen MR) is 125 cm³/mol. The number of aromatic nitrogens is 1. The van der Waals surface area contributed by atoms with Gasteiger partial charge in [0.15, 0.2) is 0 Å². The van der Waals surface area contributed by atoms with Crippen LogP contribution in [0.2, 0.25) is 0 Å². The Hall–Kier alpha value is -0.890. The molecular formula is C26H48N2. The van der Waals surface area contributed by atoms with Crippen molar-refractivity contribution in [3.8, 4) is 0 Å². The zero-order valence-electron chi connectivity index (χ0n) is 20.6. The molecule has 0 radical (unpaired) electrons. The Kier molecular flexibility index (Phi) is 8.75. The SMILES string of the molecule is CC(C)(C)CCCNC(C)(C)CCC(C)(C)Cc1ccc(CC(C)(C)C)cn1. The van der Waals surface area contributed by atoms with Crippen LogP contribution in [0.5, 0.6) is 0 Å². The summed E-state index contributed by atoms with van der Waals surface area (Å²) >= 11 is 0. The standard InChI is InChI=1S/C26H48N2/c1-23(2,3)14-11-17-28-26(9,10)16-15-25(7,8)19-22-13-12-21(20-27-22)18-24(4,5)6/h12-13,20,28H,11,14-19H2,1-10H3. The summed E-state index contributed by atoms with van der Waals surface area (Å²) in [5.74, 6) is 0. The van der Waals surface area contributed by atoms with Gasteiger partial charge in [0.25, 0.3) is 0 Å². The lowest BCUT2D eigenvalue weighted by atomic mass is 9.79. The van der Waals surface area contributed by atoms with Crippen molar-refractivity contribution >= 4 is 0 Å². The van der Waals surface area contributed by atoms with Crippen molar-refractivity contribution in [2.75, 3.05) is 6.54 Å². The molecule has 0 bridgehead atoms. The second-order valence-electron chi connectivity index (χ2n) is 12.7. The van der Waals surface area contributed by atoms with Crippen molar-refractivity contribution in [1.82, 2.24) is 10.3 Å². The molecule has 0 aromatic carbocycles. The Morgan fingerprint density at radius 3 is 1.89 bits per heavy atom. The first-order valence-electron chi connectivity index (χ1n) is 11.3. The minimum Gasteiger partial charge on any atom is -0.312 e. The van der Waals surface area contributed by atoms with E-state index in [0.717, 1.165) is 19.4 Å². The summed E-state index contributed by atoms with van der Waals surface area (Å²) in [6, 6.07) is 4.50. The molecule has 0 fully saturated rings. The Bertz CT molecular complexity index is 568. The lowest BCUT2D eigenvalue weighted by molar-refractivity contribution is 0.252. The minimum absolute atomic E-state index is 0.194. The largest absolute Gasteiger partial charge is 0.312 e. The van der Waals surface area contributed by atoms with E-state index in [0.29, 0.717) is 10.8 Å². The van der Waals surface area contributed by atoms with E-state index in [4.69, 9.17) is 4.98 Å². The molecule has 1 aromatic rings. The van der Waals surface area contributed by atoms with Gasteiger partial charge in [-0.1, -0.05) is 61.5 Å². The van der Waals surface area contributed by atoms with E-state index in [9.17, 15) is 0 Å². The summed E-state index contributed by atoms with van der Waals surface area (Å²) in [4.78, 5) is 4.76. The molecule has 0 unspecified atom stereocenters. The van der Waals surface area contributed by atoms with E-state index in [1.165, 1.54) is 36.9 Å². The zero-order valence-corrected chi connectivity index (χ0v) is 20.6. The van der Waals surface area contributed by atoms with Crippen LogP contribution in [0.4, 0.5) is 0 Å². The highest BCUT2D eigenvalue weighted by molar-refractivity contribution is 5.16. The van der Waals surface area contributed by atoms with Crippen molar-refractivity contribution in [3.63, 3.8) is 0 Å². The molecule has 0 spiro atoms. The Labute approximate surface area is 176 Å². The van der Waals surface area contributed by atoms with Crippen molar-refractivity contribution in [3.05, 3.63) is 29.6 Å². The number of hydrogen-bond acceptors (Lipinski definition) is 2. The smallest absolute Gasteiger partial charge is 0.0409 e. The molecule has 0 aliphatic carbocycles. The number of hydrogen-bond donors (Lipinski definition) is 1. The lowest BCUT2D eigenvalue weighted by Crippen LogP contribution is -2.41. The zero-order chi connectivity index (χ0) is 21.6. The summed E-state index contributed by atoms with van der Waals surface area (Å²) in [5, 5.41) is 3.78. The van der Waals surface area contributed by atoms with E-state index >= 15 is 0 Å². The molecule has 1 heterocycles. The predicted octanol–water partition coefficient (Wildman–Crippen LogP) is 7.21. The lowest BCUT2D eigenvalue weighted by Gasteiger charge is -2.32. The Balaban J connectivity index is 2.47. The molecule has 0 aliphatic heterocycles. The normalized spacial score (nSPS) is 13.8. The van der Waals surface area contributed by atoms with Gasteiger partial charge in [0, 0.05) is 17.4 Å². The number of nitrogens with zero attached hydrogens (tertiary/aromatic N) is 1. The van der Waals surface area contributed by atoms with Crippen LogP contribution < -0.4 is 5.32 Å². The first kappa shape index (κ1) is 25.1. The van der Waals surface area contributed by atoms with Crippen molar-refractivity contribution in [1.29, 1.82) is 0 Å². The number of rotatable bonds is 10. The van der Waals surface area contributed by atoms with Gasteiger partial charge in [-0.05, 0) is 86.8 Å². The summed E-state index contributed by atoms with van der Waals surface area (Å²) in [5.41, 5.74) is 3.77. The van der Waals surface area contributed by atoms with E-state index in [1.807, 2.05) is 0 Å². The van der Waals surface area contributed by atoms with Crippen LogP contribution in [0.1, 0.15) is 106 Å². The third-order valence-corrected chi connectivity index (χ3v) is 5.41. The molecule has 1 aromatic heterocycles. The van der Waals surface area contributed by atoms with E-state index in [1.54, 1.807) is 0 Å². The van der Waals surface area contributed by atoms with Crippen molar-refractivity contribution in [2.45, 2.75) is 113 Å². The minimum atomic E-state index is 0.194. The maximum atomic E-state index is 4.76. The van der Waals surface area contributed by atoms with Gasteiger partial charge in [0.05, 0.1) is 0 Å². The molecule has 162 valence electrons. The second kappa shape index (κ2) is 9.74. The fraction of sp³-hybridized carbons (Fsp3) is 0.808. The van der Waals surface area contributed by atoms with E-state index in [2.05, 4.69) is 92.9 Å². The van der Waals surface area contributed by atoms with Gasteiger partial charge < -0.3 is 5.32 Å². The second-order valence-corrected chi connectivity index (χ2v) is 12.7. The molecular weight excluding hydrogens is 340 g/mol. The third-order valence-electron chi connectivity index (χ3n) is 5.41. The monoisotopic (exact) mass is 388 g/mol. The molecule has 1 rings (SSSR count). The van der Waals surface area contributed by atoms with Crippen LogP contribution in [0.25, 0.3) is 0 Å². The molecule has 0 amide bonds. The van der Waals surface area contributed by atoms with Crippen molar-refractivity contribution in [2.24, 2.45) is 16.2 Å². The summed E-state index contributed by atoms with van der Waals surface area (Å²) in [6.07, 6.45) is 9.13. The number of pyridine rings is 1. The van der Waals surface area contributed by atoms with Crippen LogP contribution in [-0.4, -0.2) is 17.1 Å². The molecule has 0 saturated heterocycles. The van der Waals surface area contributed by atoms with E-state index < -0.39 is 0 Å². The Morgan fingerprint density at radius 2 is 1.39 bits per heavy atom. The third kappa shape index (κ3) is 11.8. The van der Waals surface area contributed by atoms with Gasteiger partial charge in [-0.25, -0.2) is 0 Å². The highest BCUT2D eigenvalue weighted by Gasteiger charge is 2.25. The first-order valence-corrected chi connectivity index (χ1v) is 11.3. The molecule has 2 heteroatoms. The fourth-order valence-corrected chi connectivity index (χ4v) is 3.64. The van der Waals surface area contributed by atoms with Gasteiger partial charge in [-0.15, -0.1) is 0 Å². The van der Waals surface area contributed by atoms with Gasteiger partial charge in [-0.2, -0.15) is 0 Å².